The Morgan fingerprint density at radius 1 is 0.433 bits per heavy atom. The van der Waals surface area contributed by atoms with Crippen molar-refractivity contribution in [2.24, 2.45) is 23.7 Å². The molecule has 4 aliphatic carbocycles. The van der Waals surface area contributed by atoms with E-state index >= 15 is 0 Å². The molecule has 0 bridgehead atoms. The Balaban J connectivity index is 0.948. The Morgan fingerprint density at radius 3 is 1.43 bits per heavy atom. The van der Waals surface area contributed by atoms with Gasteiger partial charge in [-0.25, -0.2) is 9.59 Å². The van der Waals surface area contributed by atoms with Gasteiger partial charge in [0.2, 0.25) is 0 Å². The summed E-state index contributed by atoms with van der Waals surface area (Å²) in [6.45, 7) is -3.01. The topological polar surface area (TPSA) is 481 Å². The maximum absolute atomic E-state index is 13.3. The summed E-state index contributed by atoms with van der Waals surface area (Å²) in [6, 6.07) is 0. The number of methoxy groups -OCH3 is 2. The summed E-state index contributed by atoms with van der Waals surface area (Å²) in [7, 11) is 2.96. The lowest BCUT2D eigenvalue weighted by molar-refractivity contribution is -0.391. The van der Waals surface area contributed by atoms with Crippen molar-refractivity contribution >= 4 is 11.9 Å². The van der Waals surface area contributed by atoms with E-state index in [0.29, 0.717) is 64.2 Å². The van der Waals surface area contributed by atoms with Crippen LogP contribution in [-0.4, -0.2) is 323 Å². The van der Waals surface area contributed by atoms with E-state index in [1.807, 2.05) is 0 Å². The molecular formula is C59H95O31+. The van der Waals surface area contributed by atoms with Gasteiger partial charge in [0.25, 0.3) is 0 Å². The smallest absolute Gasteiger partial charge is 0.330 e. The molecule has 31 heteroatoms. The molecule has 17 N–H and O–H groups in total. The average molecular weight is 1300 g/mol. The molecule has 0 aromatic rings. The lowest BCUT2D eigenvalue weighted by atomic mass is 9.72. The first-order valence-electron chi connectivity index (χ1n) is 31.4. The Bertz CT molecular complexity index is 2290. The van der Waals surface area contributed by atoms with E-state index in [1.165, 1.54) is 26.4 Å². The third kappa shape index (κ3) is 16.9. The maximum Gasteiger partial charge on any atom is 0.330 e. The van der Waals surface area contributed by atoms with Gasteiger partial charge in [-0.3, -0.25) is 0 Å². The van der Waals surface area contributed by atoms with Crippen LogP contribution in [-0.2, 0) is 66.4 Å². The molecule has 31 nitrogen and oxygen atoms in total. The van der Waals surface area contributed by atoms with Crippen LogP contribution in [0.25, 0.3) is 0 Å². The zero-order valence-electron chi connectivity index (χ0n) is 50.3. The molecule has 32 atom stereocenters. The van der Waals surface area contributed by atoms with Crippen molar-refractivity contribution in [3.8, 4) is 0 Å². The number of ether oxygens (including phenoxy) is 13. The van der Waals surface area contributed by atoms with Crippen molar-refractivity contribution in [3.63, 3.8) is 0 Å². The van der Waals surface area contributed by atoms with Crippen LogP contribution in [0.3, 0.4) is 0 Å². The summed E-state index contributed by atoms with van der Waals surface area (Å²) < 4.78 is 76.1. The Hall–Kier alpha value is -2.66. The number of esters is 2. The number of aliphatic hydroxyl groups excluding tert-OH is 16. The van der Waals surface area contributed by atoms with Crippen LogP contribution in [0.4, 0.5) is 0 Å². The number of hydrogen-bond donors (Lipinski definition) is 16. The number of allylic oxidation sites excluding steroid dienone is 2. The molecule has 9 fully saturated rings. The highest BCUT2D eigenvalue weighted by molar-refractivity contribution is 5.82. The largest absolute Gasteiger partial charge is 0.460 e. The molecule has 0 spiro atoms. The van der Waals surface area contributed by atoms with Crippen molar-refractivity contribution in [3.05, 3.63) is 24.3 Å². The second-order valence-electron chi connectivity index (χ2n) is 25.6. The predicted octanol–water partition coefficient (Wildman–Crippen LogP) is -6.44. The van der Waals surface area contributed by atoms with Crippen LogP contribution in [0.15, 0.2) is 24.3 Å². The fourth-order valence-corrected chi connectivity index (χ4v) is 14.2. The minimum atomic E-state index is -2.06. The van der Waals surface area contributed by atoms with E-state index in [4.69, 9.17) is 61.6 Å². The molecule has 0 aromatic heterocycles. The van der Waals surface area contributed by atoms with Gasteiger partial charge in [-0.05, 0) is 82.5 Å². The van der Waals surface area contributed by atoms with Crippen molar-refractivity contribution in [2.75, 3.05) is 40.6 Å². The maximum atomic E-state index is 13.3. The molecule has 12 unspecified atom stereocenters. The highest BCUT2D eigenvalue weighted by Gasteiger charge is 2.59. The molecule has 5 aliphatic heterocycles. The Kier molecular flexibility index (Phi) is 25.8. The number of hydrogen-bond acceptors (Lipinski definition) is 30. The fourth-order valence-electron chi connectivity index (χ4n) is 14.2. The summed E-state index contributed by atoms with van der Waals surface area (Å²) in [6.07, 6.45) is -33.2. The van der Waals surface area contributed by atoms with Crippen molar-refractivity contribution in [2.45, 2.75) is 267 Å². The minimum absolute atomic E-state index is 0.00965. The van der Waals surface area contributed by atoms with Gasteiger partial charge in [-0.2, -0.15) is 0 Å². The fraction of sp³-hybridized carbons (Fsp3) is 0.898. The molecular weight excluding hydrogens is 1200 g/mol. The number of carbonyl (C=O) groups excluding carboxylic acids is 2. The summed E-state index contributed by atoms with van der Waals surface area (Å²) in [5.41, 5.74) is 0. The first-order valence-corrected chi connectivity index (χ1v) is 31.4. The average Bonchev–Trinajstić information content (AvgIpc) is 0.790. The van der Waals surface area contributed by atoms with Crippen LogP contribution in [0.2, 0.25) is 0 Å². The number of fused-ring (bicyclic) bond motifs is 1. The molecule has 0 amide bonds. The van der Waals surface area contributed by atoms with Gasteiger partial charge in [-0.15, -0.1) is 0 Å². The number of aliphatic hydroxyl groups is 18. The van der Waals surface area contributed by atoms with Crippen molar-refractivity contribution in [1.29, 1.82) is 0 Å². The van der Waals surface area contributed by atoms with Crippen molar-refractivity contribution in [1.82, 2.24) is 0 Å². The quantitative estimate of drug-likeness (QED) is 0.0289. The van der Waals surface area contributed by atoms with Gasteiger partial charge in [0.05, 0.1) is 61.9 Å². The highest BCUT2D eigenvalue weighted by atomic mass is 16.8. The van der Waals surface area contributed by atoms with Crippen LogP contribution in [0.1, 0.15) is 83.5 Å². The van der Waals surface area contributed by atoms with E-state index in [-0.39, 0.29) is 37.0 Å². The standard InChI is InChI=1S/C59H94O31/c1-78-34-15-24(3-11-30(34)64)5-13-41(66)80-22-39-44(69)47(72)51(76)58(87-39)90-55-48(73)45(70)40(23-81-42(67)14-6-25-4-12-31(65)35(16-25)79-2)88-59(55)84-36-19-29-32(82-53(36)26-7-9-27(62)10-8-26)17-28(63)18-33(29)83-56-52(77)49(74)54(38(21-61)86-56)89-57-50(75)46(71)43(68)37(20-60)85-57/h5-6,13-14,24-40,43-65,68-77H,3-4,7-12,15-23H2,1-2H3/p+1/t24?,25?,26?,27?,28?,29?,30?,31?,32?,33?,34?,35?,36?,37-,38-,39-,40-,43-,44-,45-,46+,47+,48+,49-,50-,51-,52-,53?,54-,55-,56-,57+,58+,59-/m1/s1. The third-order valence-electron chi connectivity index (χ3n) is 19.6. The number of carbonyl (C=O) groups is 2. The molecule has 4 saturated carbocycles. The molecule has 5 heterocycles. The summed E-state index contributed by atoms with van der Waals surface area (Å²) >= 11 is 0. The zero-order valence-corrected chi connectivity index (χ0v) is 50.3. The van der Waals surface area contributed by atoms with Gasteiger partial charge in [0, 0.05) is 45.1 Å². The molecule has 0 radical (unpaired) electrons. The van der Waals surface area contributed by atoms with Gasteiger partial charge < -0.3 is 143 Å². The van der Waals surface area contributed by atoms with Gasteiger partial charge in [0.15, 0.2) is 37.4 Å². The first-order chi connectivity index (χ1) is 43.0. The van der Waals surface area contributed by atoms with E-state index in [1.54, 1.807) is 12.2 Å². The SMILES string of the molecule is COC1CC(C=CC(=O)OC[C@H]2O[C@@H](O[C@H]3[C@H](OC4CC5C(O[C@@H]6O[C@H](CO)[C@@H](O[C@@H]7O[C@H](CO)[C@@H](O)[C@H](O)[C@H]7O)[C@H](O)[C@H]6O)CC(O)CC5[OH+]C4C4CCC(O)CC4)O[C@H](COC(=O)C=CC4CCC(O)C(OC)C4)[C@@H](O)[C@@H]3O)[C@H](O)[C@@H](O)[C@@H]2O)CCC1O. The molecule has 9 rings (SSSR count). The summed E-state index contributed by atoms with van der Waals surface area (Å²) in [5.74, 6) is -2.95. The van der Waals surface area contributed by atoms with E-state index < -0.39 is 228 Å². The van der Waals surface area contributed by atoms with Crippen LogP contribution >= 0.6 is 0 Å². The normalized spacial score (nSPS) is 48.9. The summed E-state index contributed by atoms with van der Waals surface area (Å²) in [4.78, 5) is 26.3. The van der Waals surface area contributed by atoms with Crippen LogP contribution < -0.4 is 0 Å². The second kappa shape index (κ2) is 32.4. The van der Waals surface area contributed by atoms with Gasteiger partial charge in [-0.1, -0.05) is 12.2 Å². The number of rotatable bonds is 21. The van der Waals surface area contributed by atoms with Crippen molar-refractivity contribution < 1.29 is 153 Å². The van der Waals surface area contributed by atoms with E-state index in [9.17, 15) is 91.3 Å². The summed E-state index contributed by atoms with van der Waals surface area (Å²) in [5, 5.41) is 175. The Morgan fingerprint density at radius 2 is 0.889 bits per heavy atom. The zero-order chi connectivity index (χ0) is 64.8. The lowest BCUT2D eigenvalue weighted by Crippen LogP contribution is -2.66. The van der Waals surface area contributed by atoms with E-state index in [0.717, 1.165) is 0 Å². The predicted molar refractivity (Wildman–Crippen MR) is 298 cm³/mol. The van der Waals surface area contributed by atoms with Gasteiger partial charge >= 0.3 is 11.9 Å². The third-order valence-corrected chi connectivity index (χ3v) is 19.6. The lowest BCUT2D eigenvalue weighted by Gasteiger charge is -2.51. The van der Waals surface area contributed by atoms with E-state index in [2.05, 4.69) is 0 Å². The minimum Gasteiger partial charge on any atom is -0.460 e. The van der Waals surface area contributed by atoms with Gasteiger partial charge in [0.1, 0.15) is 117 Å². The van der Waals surface area contributed by atoms with Crippen LogP contribution in [0.5, 0.6) is 0 Å². The van der Waals surface area contributed by atoms with Crippen LogP contribution in [0, 0.1) is 23.7 Å². The molecule has 516 valence electrons. The molecule has 9 aliphatic rings. The first kappa shape index (κ1) is 71.6. The second-order valence-corrected chi connectivity index (χ2v) is 25.6. The molecule has 0 aromatic carbocycles. The Labute approximate surface area is 519 Å². The monoisotopic (exact) mass is 1300 g/mol. The highest BCUT2D eigenvalue weighted by Crippen LogP contribution is 2.45. The molecule has 90 heavy (non-hydrogen) atoms. The molecule has 5 saturated heterocycles.